The van der Waals surface area contributed by atoms with Crippen molar-refractivity contribution in [3.05, 3.63) is 29.8 Å². The van der Waals surface area contributed by atoms with Crippen LogP contribution in [-0.4, -0.2) is 36.7 Å². The van der Waals surface area contributed by atoms with Crippen LogP contribution in [0.2, 0.25) is 0 Å². The Kier molecular flexibility index (Phi) is 7.94. The van der Waals surface area contributed by atoms with Gasteiger partial charge in [-0.1, -0.05) is 39.8 Å². The molecule has 1 saturated heterocycles. The van der Waals surface area contributed by atoms with Crippen LogP contribution >= 0.6 is 0 Å². The van der Waals surface area contributed by atoms with E-state index in [1.165, 1.54) is 0 Å². The van der Waals surface area contributed by atoms with E-state index in [0.717, 1.165) is 50.1 Å². The molecule has 1 aromatic rings. The first kappa shape index (κ1) is 22.7. The van der Waals surface area contributed by atoms with Gasteiger partial charge in [0.2, 0.25) is 5.91 Å². The monoisotopic (exact) mass is 389 g/mol. The molecule has 0 aromatic heterocycles. The van der Waals surface area contributed by atoms with E-state index in [-0.39, 0.29) is 16.9 Å². The van der Waals surface area contributed by atoms with E-state index < -0.39 is 0 Å². The van der Waals surface area contributed by atoms with Crippen molar-refractivity contribution in [2.24, 2.45) is 11.3 Å². The van der Waals surface area contributed by atoms with E-state index in [1.54, 1.807) is 7.11 Å². The molecular formula is C24H39NO3. The molecular weight excluding hydrogens is 350 g/mol. The third-order valence-corrected chi connectivity index (χ3v) is 6.82. The van der Waals surface area contributed by atoms with Crippen LogP contribution in [-0.2, 0) is 16.1 Å². The lowest BCUT2D eigenvalue weighted by molar-refractivity contribution is -0.140. The number of carbonyl (C=O) groups is 1. The maximum Gasteiger partial charge on any atom is 0.222 e. The largest absolute Gasteiger partial charge is 0.497 e. The number of methoxy groups -OCH3 is 1. The topological polar surface area (TPSA) is 38.8 Å². The van der Waals surface area contributed by atoms with Crippen LogP contribution in [0.15, 0.2) is 24.3 Å². The number of benzene rings is 1. The lowest BCUT2D eigenvalue weighted by atomic mass is 9.64. The summed E-state index contributed by atoms with van der Waals surface area (Å²) in [4.78, 5) is 14.7. The van der Waals surface area contributed by atoms with Crippen LogP contribution in [0.25, 0.3) is 0 Å². The van der Waals surface area contributed by atoms with Gasteiger partial charge < -0.3 is 14.4 Å². The molecule has 1 aliphatic heterocycles. The molecule has 158 valence electrons. The fraction of sp³-hybridized carbons (Fsp3) is 0.708. The minimum atomic E-state index is -0.0436. The van der Waals surface area contributed by atoms with Crippen molar-refractivity contribution >= 4 is 5.91 Å². The Bertz CT molecular complexity index is 627. The van der Waals surface area contributed by atoms with E-state index in [9.17, 15) is 4.79 Å². The lowest BCUT2D eigenvalue weighted by Gasteiger charge is -2.49. The number of hydrogen-bond acceptors (Lipinski definition) is 3. The summed E-state index contributed by atoms with van der Waals surface area (Å²) in [5, 5.41) is 0. The molecule has 1 aliphatic rings. The van der Waals surface area contributed by atoms with Crippen molar-refractivity contribution in [2.75, 3.05) is 20.3 Å². The Morgan fingerprint density at radius 3 is 2.46 bits per heavy atom. The third kappa shape index (κ3) is 5.50. The highest BCUT2D eigenvalue weighted by atomic mass is 16.5. The average Bonchev–Trinajstić information content (AvgIpc) is 2.71. The van der Waals surface area contributed by atoms with E-state index >= 15 is 0 Å². The standard InChI is InChI=1S/C24H39NO3/c1-7-22(26)25(17-20-9-11-21(27-6)12-10-20)15-13-24(19(3)4)14-16-28-23(5,8-2)18-24/h9-12,19H,7-8,13-18H2,1-6H3. The van der Waals surface area contributed by atoms with E-state index in [1.807, 2.05) is 24.0 Å². The number of rotatable bonds is 9. The highest BCUT2D eigenvalue weighted by Gasteiger charge is 2.44. The molecule has 2 rings (SSSR count). The molecule has 0 radical (unpaired) electrons. The zero-order valence-electron chi connectivity index (χ0n) is 18.7. The molecule has 1 aromatic carbocycles. The summed E-state index contributed by atoms with van der Waals surface area (Å²) in [5.74, 6) is 1.64. The average molecular weight is 390 g/mol. The third-order valence-electron chi connectivity index (χ3n) is 6.82. The second kappa shape index (κ2) is 9.78. The summed E-state index contributed by atoms with van der Waals surface area (Å²) in [5.41, 5.74) is 1.33. The maximum absolute atomic E-state index is 12.6. The van der Waals surface area contributed by atoms with Gasteiger partial charge in [0.25, 0.3) is 0 Å². The van der Waals surface area contributed by atoms with Crippen LogP contribution in [0.4, 0.5) is 0 Å². The Labute approximate surface area is 171 Å². The van der Waals surface area contributed by atoms with Crippen molar-refractivity contribution in [1.29, 1.82) is 0 Å². The summed E-state index contributed by atoms with van der Waals surface area (Å²) in [6.45, 7) is 13.4. The van der Waals surface area contributed by atoms with Gasteiger partial charge in [-0.15, -0.1) is 0 Å². The van der Waals surface area contributed by atoms with Gasteiger partial charge in [-0.2, -0.15) is 0 Å². The van der Waals surface area contributed by atoms with E-state index in [4.69, 9.17) is 9.47 Å². The van der Waals surface area contributed by atoms with Gasteiger partial charge in [0.05, 0.1) is 12.7 Å². The molecule has 0 N–H and O–H groups in total. The van der Waals surface area contributed by atoms with Gasteiger partial charge >= 0.3 is 0 Å². The van der Waals surface area contributed by atoms with Crippen molar-refractivity contribution in [1.82, 2.24) is 4.90 Å². The second-order valence-electron chi connectivity index (χ2n) is 8.86. The van der Waals surface area contributed by atoms with Gasteiger partial charge in [0.1, 0.15) is 5.75 Å². The molecule has 0 spiro atoms. The number of carbonyl (C=O) groups excluding carboxylic acids is 1. The van der Waals surface area contributed by atoms with Crippen LogP contribution in [0.3, 0.4) is 0 Å². The van der Waals surface area contributed by atoms with Crippen molar-refractivity contribution < 1.29 is 14.3 Å². The van der Waals surface area contributed by atoms with E-state index in [0.29, 0.717) is 18.9 Å². The molecule has 4 heteroatoms. The van der Waals surface area contributed by atoms with Crippen LogP contribution in [0.5, 0.6) is 5.75 Å². The number of hydrogen-bond donors (Lipinski definition) is 0. The molecule has 0 saturated carbocycles. The SMILES string of the molecule is CCC(=O)N(CCC1(C(C)C)CCOC(C)(CC)C1)Cc1ccc(OC)cc1. The summed E-state index contributed by atoms with van der Waals surface area (Å²) in [6.07, 6.45) is 4.76. The fourth-order valence-corrected chi connectivity index (χ4v) is 4.43. The van der Waals surface area contributed by atoms with Crippen LogP contribution < -0.4 is 4.74 Å². The molecule has 1 heterocycles. The molecule has 2 unspecified atom stereocenters. The van der Waals surface area contributed by atoms with Crippen molar-refractivity contribution in [3.63, 3.8) is 0 Å². The van der Waals surface area contributed by atoms with Crippen LogP contribution in [0.1, 0.15) is 72.3 Å². The van der Waals surface area contributed by atoms with Crippen LogP contribution in [0, 0.1) is 11.3 Å². The van der Waals surface area contributed by atoms with Gasteiger partial charge in [-0.05, 0) is 61.6 Å². The quantitative estimate of drug-likeness (QED) is 0.564. The predicted octanol–water partition coefficient (Wildman–Crippen LogP) is 5.45. The van der Waals surface area contributed by atoms with Crippen molar-refractivity contribution in [2.45, 2.75) is 78.9 Å². The van der Waals surface area contributed by atoms with Gasteiger partial charge in [-0.25, -0.2) is 0 Å². The first-order valence-electron chi connectivity index (χ1n) is 10.8. The Morgan fingerprint density at radius 1 is 1.25 bits per heavy atom. The Balaban J connectivity index is 2.12. The highest BCUT2D eigenvalue weighted by Crippen LogP contribution is 2.48. The van der Waals surface area contributed by atoms with Gasteiger partial charge in [0, 0.05) is 26.1 Å². The highest BCUT2D eigenvalue weighted by molar-refractivity contribution is 5.75. The zero-order valence-corrected chi connectivity index (χ0v) is 18.7. The molecule has 0 aliphatic carbocycles. The molecule has 1 amide bonds. The predicted molar refractivity (Wildman–Crippen MR) is 114 cm³/mol. The summed E-state index contributed by atoms with van der Waals surface area (Å²) >= 11 is 0. The summed E-state index contributed by atoms with van der Waals surface area (Å²) in [6, 6.07) is 8.03. The number of nitrogens with zero attached hydrogens (tertiary/aromatic N) is 1. The first-order chi connectivity index (χ1) is 13.3. The fourth-order valence-electron chi connectivity index (χ4n) is 4.43. The minimum Gasteiger partial charge on any atom is -0.497 e. The van der Waals surface area contributed by atoms with Gasteiger partial charge in [0.15, 0.2) is 0 Å². The molecule has 1 fully saturated rings. The zero-order chi connectivity index (χ0) is 20.8. The second-order valence-corrected chi connectivity index (χ2v) is 8.86. The normalized spacial score (nSPS) is 25.0. The molecule has 2 atom stereocenters. The number of ether oxygens (including phenoxy) is 2. The van der Waals surface area contributed by atoms with Crippen molar-refractivity contribution in [3.8, 4) is 5.75 Å². The molecule has 0 bridgehead atoms. The Morgan fingerprint density at radius 2 is 1.93 bits per heavy atom. The van der Waals surface area contributed by atoms with Gasteiger partial charge in [-0.3, -0.25) is 4.79 Å². The molecule has 28 heavy (non-hydrogen) atoms. The maximum atomic E-state index is 12.6. The smallest absolute Gasteiger partial charge is 0.222 e. The Hall–Kier alpha value is -1.55. The van der Waals surface area contributed by atoms with E-state index in [2.05, 4.69) is 39.8 Å². The molecule has 4 nitrogen and oxygen atoms in total. The first-order valence-corrected chi connectivity index (χ1v) is 10.8. The summed E-state index contributed by atoms with van der Waals surface area (Å²) < 4.78 is 11.4. The minimum absolute atomic E-state index is 0.0436. The summed E-state index contributed by atoms with van der Waals surface area (Å²) in [7, 11) is 1.67. The number of amides is 1. The lowest BCUT2D eigenvalue weighted by Crippen LogP contribution is -2.47.